The molecule has 15 heteroatoms. The number of nitrogens with one attached hydrogen (secondary N) is 1. The fourth-order valence-corrected chi connectivity index (χ4v) is 6.67. The molecule has 0 radical (unpaired) electrons. The summed E-state index contributed by atoms with van der Waals surface area (Å²) in [5.41, 5.74) is 8.87. The lowest BCUT2D eigenvalue weighted by Crippen LogP contribution is -2.64. The minimum atomic E-state index is -4.71. The highest BCUT2D eigenvalue weighted by Gasteiger charge is 2.43. The number of nitrogens with two attached hydrogens (primary N) is 2. The van der Waals surface area contributed by atoms with Gasteiger partial charge in [-0.2, -0.15) is 13.2 Å². The Morgan fingerprint density at radius 2 is 1.77 bits per heavy atom. The Balaban J connectivity index is 1.78. The van der Waals surface area contributed by atoms with Crippen molar-refractivity contribution in [1.82, 2.24) is 10.2 Å². The summed E-state index contributed by atoms with van der Waals surface area (Å²) in [5.74, 6) is -1.97. The molecule has 232 valence electrons. The molecule has 1 saturated heterocycles. The number of benzene rings is 2. The number of nitrogens with zero attached hydrogens (tertiary/aromatic N) is 2. The predicted molar refractivity (Wildman–Crippen MR) is 154 cm³/mol. The SMILES string of the molecule is NC(=O)C12CCN(CC1)C(=O)c1cc(ccc1Cl)S(=O)(=O)N(c1cccc(C(F)(F)F)c1)C/C=C\CCCC(N)C(=O)N2. The van der Waals surface area contributed by atoms with Crippen molar-refractivity contribution in [3.8, 4) is 0 Å². The van der Waals surface area contributed by atoms with E-state index in [0.717, 1.165) is 28.6 Å². The summed E-state index contributed by atoms with van der Waals surface area (Å²) < 4.78 is 69.1. The smallest absolute Gasteiger partial charge is 0.368 e. The Bertz CT molecular complexity index is 1540. The third-order valence-electron chi connectivity index (χ3n) is 7.62. The van der Waals surface area contributed by atoms with E-state index in [2.05, 4.69) is 5.32 Å². The van der Waals surface area contributed by atoms with Crippen LogP contribution in [0.1, 0.15) is 48.0 Å². The molecule has 2 aromatic carbocycles. The molecular formula is C28H31ClF3N5O5S. The molecule has 1 unspecified atom stereocenters. The zero-order chi connectivity index (χ0) is 31.6. The van der Waals surface area contributed by atoms with E-state index in [1.54, 1.807) is 6.08 Å². The molecule has 1 fully saturated rings. The number of sulfonamides is 1. The third kappa shape index (κ3) is 6.97. The summed E-state index contributed by atoms with van der Waals surface area (Å²) in [6, 6.07) is 6.44. The normalized spacial score (nSPS) is 22.2. The second kappa shape index (κ2) is 12.5. The first-order valence-corrected chi connectivity index (χ1v) is 15.3. The van der Waals surface area contributed by atoms with Gasteiger partial charge in [0, 0.05) is 13.1 Å². The van der Waals surface area contributed by atoms with Crippen LogP contribution in [-0.4, -0.2) is 62.3 Å². The first-order chi connectivity index (χ1) is 20.2. The highest BCUT2D eigenvalue weighted by atomic mass is 35.5. The van der Waals surface area contributed by atoms with E-state index >= 15 is 0 Å². The van der Waals surface area contributed by atoms with Crippen LogP contribution < -0.4 is 21.1 Å². The molecule has 3 aliphatic heterocycles. The summed E-state index contributed by atoms with van der Waals surface area (Å²) in [7, 11) is -4.50. The topological polar surface area (TPSA) is 156 Å². The van der Waals surface area contributed by atoms with Crippen LogP contribution in [0.3, 0.4) is 0 Å². The first kappa shape index (κ1) is 32.3. The molecule has 3 aliphatic rings. The highest BCUT2D eigenvalue weighted by Crippen LogP contribution is 2.34. The second-order valence-corrected chi connectivity index (χ2v) is 12.7. The number of allylic oxidation sites excluding steroid dienone is 1. The van der Waals surface area contributed by atoms with Crippen LogP contribution in [0.4, 0.5) is 18.9 Å². The summed E-state index contributed by atoms with van der Waals surface area (Å²) in [4.78, 5) is 39.8. The van der Waals surface area contributed by atoms with Gasteiger partial charge in [0.1, 0.15) is 5.54 Å². The molecular weight excluding hydrogens is 611 g/mol. The quantitative estimate of drug-likeness (QED) is 0.428. The maximum Gasteiger partial charge on any atom is 0.416 e. The second-order valence-electron chi connectivity index (χ2n) is 10.5. The molecule has 3 amide bonds. The van der Waals surface area contributed by atoms with Gasteiger partial charge in [0.2, 0.25) is 11.8 Å². The average molecular weight is 642 g/mol. The molecule has 0 saturated carbocycles. The zero-order valence-electron chi connectivity index (χ0n) is 22.9. The average Bonchev–Trinajstić information content (AvgIpc) is 2.95. The van der Waals surface area contributed by atoms with Gasteiger partial charge in [0.05, 0.1) is 39.3 Å². The predicted octanol–water partition coefficient (Wildman–Crippen LogP) is 3.20. The van der Waals surface area contributed by atoms with E-state index < -0.39 is 51.1 Å². The largest absolute Gasteiger partial charge is 0.416 e. The Kier molecular flexibility index (Phi) is 9.42. The van der Waals surface area contributed by atoms with E-state index in [4.69, 9.17) is 23.1 Å². The van der Waals surface area contributed by atoms with Crippen LogP contribution >= 0.6 is 11.6 Å². The monoisotopic (exact) mass is 641 g/mol. The van der Waals surface area contributed by atoms with Crippen molar-refractivity contribution in [2.45, 2.75) is 54.8 Å². The van der Waals surface area contributed by atoms with E-state index in [9.17, 15) is 36.0 Å². The Morgan fingerprint density at radius 1 is 1.07 bits per heavy atom. The van der Waals surface area contributed by atoms with Gasteiger partial charge in [0.15, 0.2) is 0 Å². The van der Waals surface area contributed by atoms with Gasteiger partial charge < -0.3 is 21.7 Å². The lowest BCUT2D eigenvalue weighted by Gasteiger charge is -2.40. The number of carbonyl (C=O) groups excluding carboxylic acids is 3. The molecule has 10 nitrogen and oxygen atoms in total. The number of piperidine rings is 1. The molecule has 2 aromatic rings. The molecule has 0 aromatic heterocycles. The number of halogens is 4. The van der Waals surface area contributed by atoms with Crippen LogP contribution in [0.2, 0.25) is 5.02 Å². The number of alkyl halides is 3. The van der Waals surface area contributed by atoms with Crippen LogP contribution in [0, 0.1) is 0 Å². The minimum Gasteiger partial charge on any atom is -0.368 e. The molecule has 3 heterocycles. The summed E-state index contributed by atoms with van der Waals surface area (Å²) in [5, 5.41) is 2.63. The van der Waals surface area contributed by atoms with E-state index in [1.165, 1.54) is 29.2 Å². The van der Waals surface area contributed by atoms with E-state index in [1.807, 2.05) is 0 Å². The molecule has 0 spiro atoms. The standard InChI is InChI=1S/C28H31ClF3N5O5S/c29-22-10-9-20-17-21(22)25(39)36-14-11-27(12-15-36,26(34)40)35-24(38)23(33)8-3-1-2-4-13-37(43(20,41)42)19-7-5-6-18(16-19)28(30,31)32/h2,4-7,9-10,16-17,23H,1,3,8,11-15,33H2,(H2,34,40)(H,35,38)/b4-2-. The highest BCUT2D eigenvalue weighted by molar-refractivity contribution is 7.92. The number of anilines is 1. The Morgan fingerprint density at radius 3 is 2.42 bits per heavy atom. The van der Waals surface area contributed by atoms with Crippen molar-refractivity contribution in [3.05, 3.63) is 70.8 Å². The van der Waals surface area contributed by atoms with E-state index in [0.29, 0.717) is 12.8 Å². The van der Waals surface area contributed by atoms with Crippen molar-refractivity contribution in [1.29, 1.82) is 0 Å². The molecule has 43 heavy (non-hydrogen) atoms. The lowest BCUT2D eigenvalue weighted by molar-refractivity contribution is -0.137. The molecule has 4 bridgehead atoms. The first-order valence-electron chi connectivity index (χ1n) is 13.5. The van der Waals surface area contributed by atoms with Crippen LogP contribution in [0.25, 0.3) is 0 Å². The van der Waals surface area contributed by atoms with Crippen molar-refractivity contribution in [2.75, 3.05) is 23.9 Å². The number of carbonyl (C=O) groups is 3. The fraction of sp³-hybridized carbons (Fsp3) is 0.393. The van der Waals surface area contributed by atoms with Gasteiger partial charge in [-0.3, -0.25) is 18.7 Å². The maximum absolute atomic E-state index is 13.9. The molecule has 0 aliphatic carbocycles. The van der Waals surface area contributed by atoms with Crippen molar-refractivity contribution in [2.24, 2.45) is 11.5 Å². The van der Waals surface area contributed by atoms with Gasteiger partial charge in [-0.1, -0.05) is 29.8 Å². The summed E-state index contributed by atoms with van der Waals surface area (Å²) in [6.45, 7) is -0.342. The zero-order valence-corrected chi connectivity index (χ0v) is 24.5. The van der Waals surface area contributed by atoms with E-state index in [-0.39, 0.29) is 60.1 Å². The fourth-order valence-electron chi connectivity index (χ4n) is 5.03. The van der Waals surface area contributed by atoms with Crippen molar-refractivity contribution >= 4 is 45.0 Å². The number of fused-ring (bicyclic) bond motifs is 11. The maximum atomic E-state index is 13.9. The van der Waals surface area contributed by atoms with Crippen LogP contribution in [0.15, 0.2) is 59.5 Å². The lowest BCUT2D eigenvalue weighted by atomic mass is 9.86. The minimum absolute atomic E-state index is 0.00575. The number of rotatable bonds is 2. The van der Waals surface area contributed by atoms with Gasteiger partial charge in [0.25, 0.3) is 15.9 Å². The summed E-state index contributed by atoms with van der Waals surface area (Å²) >= 11 is 6.31. The van der Waals surface area contributed by atoms with Gasteiger partial charge in [-0.25, -0.2) is 8.42 Å². The number of amides is 3. The van der Waals surface area contributed by atoms with Crippen molar-refractivity contribution < 1.29 is 36.0 Å². The Labute approximate surface area is 251 Å². The van der Waals surface area contributed by atoms with Crippen molar-refractivity contribution in [3.63, 3.8) is 0 Å². The summed E-state index contributed by atoms with van der Waals surface area (Å²) in [6.07, 6.45) is -0.575. The molecule has 5 N–H and O–H groups in total. The number of primary amides is 1. The third-order valence-corrected chi connectivity index (χ3v) is 9.74. The Hall–Kier alpha value is -3.62. The molecule has 5 rings (SSSR count). The number of hydrogen-bond acceptors (Lipinski definition) is 6. The number of hydrogen-bond donors (Lipinski definition) is 3. The molecule has 1 atom stereocenters. The van der Waals surface area contributed by atoms with Gasteiger partial charge in [-0.05, 0) is 68.5 Å². The van der Waals surface area contributed by atoms with Gasteiger partial charge in [-0.15, -0.1) is 0 Å². The van der Waals surface area contributed by atoms with Crippen LogP contribution in [-0.2, 0) is 25.8 Å². The van der Waals surface area contributed by atoms with Crippen LogP contribution in [0.5, 0.6) is 0 Å². The van der Waals surface area contributed by atoms with Gasteiger partial charge >= 0.3 is 6.18 Å².